The Balaban J connectivity index is 2.34. The molecule has 0 aromatic heterocycles. The molecule has 0 aliphatic rings. The summed E-state index contributed by atoms with van der Waals surface area (Å²) in [5, 5.41) is 0.539. The Kier molecular flexibility index (Phi) is 3.59. The van der Waals surface area contributed by atoms with E-state index in [1.54, 1.807) is 37.3 Å². The molecule has 5 heteroatoms. The maximum absolute atomic E-state index is 12.0. The monoisotopic (exact) mass is 282 g/mol. The van der Waals surface area contributed by atoms with E-state index in [1.807, 2.05) is 0 Å². The molecule has 0 heterocycles. The van der Waals surface area contributed by atoms with Crippen LogP contribution in [0.3, 0.4) is 0 Å². The SMILES string of the molecule is Cc1cc(Cl)ccc1OS(=O)(=O)c1ccccc1. The number of rotatable bonds is 3. The first kappa shape index (κ1) is 12.9. The molecule has 0 spiro atoms. The van der Waals surface area contributed by atoms with Crippen LogP contribution in [-0.2, 0) is 10.1 Å². The van der Waals surface area contributed by atoms with E-state index in [0.717, 1.165) is 0 Å². The molecule has 0 amide bonds. The van der Waals surface area contributed by atoms with Gasteiger partial charge in [-0.2, -0.15) is 8.42 Å². The van der Waals surface area contributed by atoms with Crippen molar-refractivity contribution in [3.63, 3.8) is 0 Å². The third kappa shape index (κ3) is 2.83. The van der Waals surface area contributed by atoms with Crippen molar-refractivity contribution in [1.29, 1.82) is 0 Å². The van der Waals surface area contributed by atoms with Crippen molar-refractivity contribution in [2.45, 2.75) is 11.8 Å². The molecule has 0 atom stereocenters. The number of benzene rings is 2. The Morgan fingerprint density at radius 3 is 2.33 bits per heavy atom. The summed E-state index contributed by atoms with van der Waals surface area (Å²) in [6, 6.07) is 12.8. The molecule has 0 unspecified atom stereocenters. The first-order valence-corrected chi connectivity index (χ1v) is 7.03. The number of aryl methyl sites for hydroxylation is 1. The third-order valence-corrected chi connectivity index (χ3v) is 3.85. The molecule has 0 fully saturated rings. The van der Waals surface area contributed by atoms with Crippen LogP contribution in [0.4, 0.5) is 0 Å². The van der Waals surface area contributed by atoms with Crippen LogP contribution in [0.2, 0.25) is 5.02 Å². The minimum atomic E-state index is -3.79. The maximum Gasteiger partial charge on any atom is 0.339 e. The Hall–Kier alpha value is -1.52. The highest BCUT2D eigenvalue weighted by atomic mass is 35.5. The second-order valence-electron chi connectivity index (χ2n) is 3.76. The lowest BCUT2D eigenvalue weighted by Gasteiger charge is -2.09. The molecule has 0 radical (unpaired) electrons. The van der Waals surface area contributed by atoms with Crippen molar-refractivity contribution in [2.24, 2.45) is 0 Å². The Morgan fingerprint density at radius 2 is 1.72 bits per heavy atom. The van der Waals surface area contributed by atoms with Gasteiger partial charge in [0.15, 0.2) is 0 Å². The lowest BCUT2D eigenvalue weighted by Crippen LogP contribution is -2.10. The average Bonchev–Trinajstić information content (AvgIpc) is 2.34. The highest BCUT2D eigenvalue weighted by Gasteiger charge is 2.17. The van der Waals surface area contributed by atoms with Crippen LogP contribution in [0.5, 0.6) is 5.75 Å². The predicted molar refractivity (Wildman–Crippen MR) is 70.4 cm³/mol. The van der Waals surface area contributed by atoms with Gasteiger partial charge in [-0.05, 0) is 42.8 Å². The summed E-state index contributed by atoms with van der Waals surface area (Å²) < 4.78 is 29.1. The van der Waals surface area contributed by atoms with Crippen LogP contribution in [-0.4, -0.2) is 8.42 Å². The van der Waals surface area contributed by atoms with Gasteiger partial charge in [-0.1, -0.05) is 29.8 Å². The fourth-order valence-corrected chi connectivity index (χ4v) is 2.70. The van der Waals surface area contributed by atoms with Crippen LogP contribution in [0.1, 0.15) is 5.56 Å². The van der Waals surface area contributed by atoms with Crippen molar-refractivity contribution in [3.05, 3.63) is 59.1 Å². The van der Waals surface area contributed by atoms with Gasteiger partial charge in [-0.15, -0.1) is 0 Å². The molecule has 0 aliphatic heterocycles. The minimum absolute atomic E-state index is 0.124. The maximum atomic E-state index is 12.0. The van der Waals surface area contributed by atoms with Crippen LogP contribution >= 0.6 is 11.6 Å². The van der Waals surface area contributed by atoms with Crippen LogP contribution < -0.4 is 4.18 Å². The zero-order valence-corrected chi connectivity index (χ0v) is 11.2. The van der Waals surface area contributed by atoms with Gasteiger partial charge in [0.1, 0.15) is 10.6 Å². The second kappa shape index (κ2) is 5.00. The summed E-state index contributed by atoms with van der Waals surface area (Å²) in [6.07, 6.45) is 0. The summed E-state index contributed by atoms with van der Waals surface area (Å²) in [7, 11) is -3.79. The van der Waals surface area contributed by atoms with E-state index >= 15 is 0 Å². The molecule has 2 aromatic rings. The van der Waals surface area contributed by atoms with Gasteiger partial charge in [-0.25, -0.2) is 0 Å². The summed E-state index contributed by atoms with van der Waals surface area (Å²) in [4.78, 5) is 0.124. The number of halogens is 1. The van der Waals surface area contributed by atoms with Gasteiger partial charge in [0.05, 0.1) is 0 Å². The quantitative estimate of drug-likeness (QED) is 0.810. The van der Waals surface area contributed by atoms with Gasteiger partial charge in [0.25, 0.3) is 0 Å². The van der Waals surface area contributed by atoms with Crippen molar-refractivity contribution in [3.8, 4) is 5.75 Å². The molecule has 94 valence electrons. The fraction of sp³-hybridized carbons (Fsp3) is 0.0769. The van der Waals surface area contributed by atoms with Crippen LogP contribution in [0.25, 0.3) is 0 Å². The highest BCUT2D eigenvalue weighted by molar-refractivity contribution is 7.87. The largest absolute Gasteiger partial charge is 0.379 e. The molecule has 2 rings (SSSR count). The fourth-order valence-electron chi connectivity index (χ4n) is 1.46. The van der Waals surface area contributed by atoms with Crippen molar-refractivity contribution in [1.82, 2.24) is 0 Å². The van der Waals surface area contributed by atoms with E-state index < -0.39 is 10.1 Å². The van der Waals surface area contributed by atoms with E-state index in [1.165, 1.54) is 18.2 Å². The summed E-state index contributed by atoms with van der Waals surface area (Å²) >= 11 is 5.80. The predicted octanol–water partition coefficient (Wildman–Crippen LogP) is 3.42. The van der Waals surface area contributed by atoms with Crippen molar-refractivity contribution in [2.75, 3.05) is 0 Å². The topological polar surface area (TPSA) is 43.4 Å². The van der Waals surface area contributed by atoms with E-state index in [-0.39, 0.29) is 10.6 Å². The highest BCUT2D eigenvalue weighted by Crippen LogP contribution is 2.25. The lowest BCUT2D eigenvalue weighted by atomic mass is 10.2. The molecule has 0 N–H and O–H groups in total. The zero-order chi connectivity index (χ0) is 13.2. The first-order valence-electron chi connectivity index (χ1n) is 5.25. The molecular weight excluding hydrogens is 272 g/mol. The summed E-state index contributed by atoms with van der Waals surface area (Å²) in [5.41, 5.74) is 0.669. The number of hydrogen-bond acceptors (Lipinski definition) is 3. The first-order chi connectivity index (χ1) is 8.49. The van der Waals surface area contributed by atoms with Crippen LogP contribution in [0.15, 0.2) is 53.4 Å². The second-order valence-corrected chi connectivity index (χ2v) is 5.74. The van der Waals surface area contributed by atoms with Crippen LogP contribution in [0, 0.1) is 6.92 Å². The van der Waals surface area contributed by atoms with E-state index in [9.17, 15) is 8.42 Å². The minimum Gasteiger partial charge on any atom is -0.379 e. The molecule has 18 heavy (non-hydrogen) atoms. The molecule has 0 saturated carbocycles. The van der Waals surface area contributed by atoms with Crippen molar-refractivity contribution >= 4 is 21.7 Å². The number of hydrogen-bond donors (Lipinski definition) is 0. The third-order valence-electron chi connectivity index (χ3n) is 2.37. The normalized spacial score (nSPS) is 11.2. The average molecular weight is 283 g/mol. The Labute approximate surface area is 111 Å². The van der Waals surface area contributed by atoms with Gasteiger partial charge in [0.2, 0.25) is 0 Å². The van der Waals surface area contributed by atoms with Gasteiger partial charge < -0.3 is 4.18 Å². The van der Waals surface area contributed by atoms with Gasteiger partial charge in [-0.3, -0.25) is 0 Å². The molecule has 3 nitrogen and oxygen atoms in total. The lowest BCUT2D eigenvalue weighted by molar-refractivity contribution is 0.484. The zero-order valence-electron chi connectivity index (χ0n) is 9.63. The smallest absolute Gasteiger partial charge is 0.339 e. The Bertz CT molecular complexity index is 651. The summed E-state index contributed by atoms with van der Waals surface area (Å²) in [6.45, 7) is 1.74. The van der Waals surface area contributed by atoms with Gasteiger partial charge in [0, 0.05) is 5.02 Å². The van der Waals surface area contributed by atoms with Gasteiger partial charge >= 0.3 is 10.1 Å². The molecule has 2 aromatic carbocycles. The molecule has 0 bridgehead atoms. The molecular formula is C13H11ClO3S. The standard InChI is InChI=1S/C13H11ClO3S/c1-10-9-11(14)7-8-13(10)17-18(15,16)12-5-3-2-4-6-12/h2-9H,1H3. The van der Waals surface area contributed by atoms with Crippen molar-refractivity contribution < 1.29 is 12.6 Å². The van der Waals surface area contributed by atoms with E-state index in [4.69, 9.17) is 15.8 Å². The Morgan fingerprint density at radius 1 is 1.06 bits per heavy atom. The summed E-state index contributed by atoms with van der Waals surface area (Å²) in [5.74, 6) is 0.281. The van der Waals surface area contributed by atoms with E-state index in [2.05, 4.69) is 0 Å². The molecule has 0 aliphatic carbocycles. The van der Waals surface area contributed by atoms with E-state index in [0.29, 0.717) is 10.6 Å². The molecule has 0 saturated heterocycles.